The van der Waals surface area contributed by atoms with Crippen molar-refractivity contribution in [3.8, 4) is 11.5 Å². The van der Waals surface area contributed by atoms with Crippen LogP contribution in [0, 0.1) is 6.92 Å². The summed E-state index contributed by atoms with van der Waals surface area (Å²) < 4.78 is 16.1. The van der Waals surface area contributed by atoms with Gasteiger partial charge in [0.15, 0.2) is 17.3 Å². The van der Waals surface area contributed by atoms with E-state index >= 15 is 0 Å². The highest BCUT2D eigenvalue weighted by Gasteiger charge is 2.18. The number of rotatable bonds is 9. The van der Waals surface area contributed by atoms with E-state index in [9.17, 15) is 9.59 Å². The fraction of sp³-hybridized carbons (Fsp3) is 0.280. The van der Waals surface area contributed by atoms with E-state index in [0.717, 1.165) is 11.1 Å². The summed E-state index contributed by atoms with van der Waals surface area (Å²) in [6.45, 7) is 7.20. The number of hydrogen-bond acceptors (Lipinski definition) is 5. The zero-order valence-electron chi connectivity index (χ0n) is 18.8. The number of methoxy groups -OCH3 is 1. The number of nitrogens with one attached hydrogen (secondary N) is 1. The third kappa shape index (κ3) is 5.29. The van der Waals surface area contributed by atoms with Crippen molar-refractivity contribution in [1.82, 2.24) is 4.90 Å². The SMILES string of the molecule is CCOc1ccc(CN(CC)C(=O)c2ccc(C)c(NC(=O)c3ccco3)c2)cc1OC. The van der Waals surface area contributed by atoms with Crippen molar-refractivity contribution < 1.29 is 23.5 Å². The highest BCUT2D eigenvalue weighted by molar-refractivity contribution is 6.03. The minimum atomic E-state index is -0.364. The molecule has 3 aromatic rings. The average molecular weight is 437 g/mol. The van der Waals surface area contributed by atoms with Crippen LogP contribution in [0.3, 0.4) is 0 Å². The topological polar surface area (TPSA) is 81.0 Å². The minimum Gasteiger partial charge on any atom is -0.493 e. The molecule has 0 unspecified atom stereocenters. The predicted molar refractivity (Wildman–Crippen MR) is 122 cm³/mol. The molecule has 7 heteroatoms. The molecule has 0 fully saturated rings. The molecule has 2 aromatic carbocycles. The highest BCUT2D eigenvalue weighted by atomic mass is 16.5. The standard InChI is InChI=1S/C25H28N2O5/c1-5-27(16-18-10-12-21(31-6-2)23(14-18)30-4)25(29)19-11-9-17(3)20(15-19)26-24(28)22-8-7-13-32-22/h7-15H,5-6,16H2,1-4H3,(H,26,28). The lowest BCUT2D eigenvalue weighted by atomic mass is 10.1. The van der Waals surface area contributed by atoms with Gasteiger partial charge in [-0.05, 0) is 68.3 Å². The first-order chi connectivity index (χ1) is 15.5. The summed E-state index contributed by atoms with van der Waals surface area (Å²) in [6.07, 6.45) is 1.44. The van der Waals surface area contributed by atoms with Crippen molar-refractivity contribution in [1.29, 1.82) is 0 Å². The maximum absolute atomic E-state index is 13.2. The Morgan fingerprint density at radius 3 is 2.53 bits per heavy atom. The number of ether oxygens (including phenoxy) is 2. The van der Waals surface area contributed by atoms with E-state index in [-0.39, 0.29) is 17.6 Å². The van der Waals surface area contributed by atoms with Gasteiger partial charge in [0.25, 0.3) is 11.8 Å². The zero-order chi connectivity index (χ0) is 23.1. The lowest BCUT2D eigenvalue weighted by molar-refractivity contribution is 0.0752. The molecule has 0 atom stereocenters. The number of nitrogens with zero attached hydrogens (tertiary/aromatic N) is 1. The maximum Gasteiger partial charge on any atom is 0.291 e. The Hall–Kier alpha value is -3.74. The van der Waals surface area contributed by atoms with Gasteiger partial charge in [0.05, 0.1) is 20.0 Å². The van der Waals surface area contributed by atoms with Gasteiger partial charge in [-0.15, -0.1) is 0 Å². The zero-order valence-corrected chi connectivity index (χ0v) is 18.8. The number of furan rings is 1. The first-order valence-electron chi connectivity index (χ1n) is 10.5. The third-order valence-electron chi connectivity index (χ3n) is 5.05. The van der Waals surface area contributed by atoms with Gasteiger partial charge in [0.2, 0.25) is 0 Å². The van der Waals surface area contributed by atoms with Gasteiger partial charge in [-0.1, -0.05) is 12.1 Å². The van der Waals surface area contributed by atoms with Gasteiger partial charge >= 0.3 is 0 Å². The molecular weight excluding hydrogens is 408 g/mol. The Bertz CT molecular complexity index is 1080. The monoisotopic (exact) mass is 436 g/mol. The second-order valence-corrected chi connectivity index (χ2v) is 7.20. The smallest absolute Gasteiger partial charge is 0.291 e. The lowest BCUT2D eigenvalue weighted by Gasteiger charge is -2.22. The molecule has 1 aromatic heterocycles. The molecule has 2 amide bonds. The van der Waals surface area contributed by atoms with Crippen molar-refractivity contribution >= 4 is 17.5 Å². The number of anilines is 1. The van der Waals surface area contributed by atoms with Crippen molar-refractivity contribution in [2.75, 3.05) is 25.6 Å². The molecule has 168 valence electrons. The van der Waals surface area contributed by atoms with Crippen LogP contribution in [-0.4, -0.2) is 37.0 Å². The number of amides is 2. The van der Waals surface area contributed by atoms with Crippen LogP contribution in [0.5, 0.6) is 11.5 Å². The Labute approximate surface area is 187 Å². The summed E-state index contributed by atoms with van der Waals surface area (Å²) in [4.78, 5) is 27.3. The summed E-state index contributed by atoms with van der Waals surface area (Å²) in [5.41, 5.74) is 2.83. The van der Waals surface area contributed by atoms with E-state index < -0.39 is 0 Å². The number of aryl methyl sites for hydroxylation is 1. The van der Waals surface area contributed by atoms with Gasteiger partial charge in [0, 0.05) is 24.3 Å². The molecule has 0 spiro atoms. The van der Waals surface area contributed by atoms with E-state index in [1.807, 2.05) is 45.0 Å². The number of carbonyl (C=O) groups is 2. The Morgan fingerprint density at radius 1 is 1.06 bits per heavy atom. The summed E-state index contributed by atoms with van der Waals surface area (Å²) >= 11 is 0. The van der Waals surface area contributed by atoms with E-state index in [1.54, 1.807) is 36.3 Å². The van der Waals surface area contributed by atoms with Crippen molar-refractivity contribution in [2.45, 2.75) is 27.3 Å². The van der Waals surface area contributed by atoms with Gasteiger partial charge in [-0.25, -0.2) is 0 Å². The highest BCUT2D eigenvalue weighted by Crippen LogP contribution is 2.29. The molecular formula is C25H28N2O5. The van der Waals surface area contributed by atoms with Crippen LogP contribution >= 0.6 is 0 Å². The van der Waals surface area contributed by atoms with Crippen LogP contribution in [0.2, 0.25) is 0 Å². The summed E-state index contributed by atoms with van der Waals surface area (Å²) in [5, 5.41) is 2.81. The van der Waals surface area contributed by atoms with Crippen LogP contribution in [0.1, 0.15) is 45.9 Å². The molecule has 0 aliphatic carbocycles. The van der Waals surface area contributed by atoms with Crippen LogP contribution in [0.4, 0.5) is 5.69 Å². The summed E-state index contributed by atoms with van der Waals surface area (Å²) in [6, 6.07) is 14.2. The van der Waals surface area contributed by atoms with E-state index in [1.165, 1.54) is 6.26 Å². The van der Waals surface area contributed by atoms with Crippen molar-refractivity contribution in [3.63, 3.8) is 0 Å². The molecule has 3 rings (SSSR count). The molecule has 0 aliphatic heterocycles. The van der Waals surface area contributed by atoms with Crippen LogP contribution < -0.4 is 14.8 Å². The second kappa shape index (κ2) is 10.5. The molecule has 0 aliphatic rings. The Balaban J connectivity index is 1.78. The van der Waals surface area contributed by atoms with Gasteiger partial charge < -0.3 is 24.1 Å². The average Bonchev–Trinajstić information content (AvgIpc) is 3.34. The predicted octanol–water partition coefficient (Wildman–Crippen LogP) is 4.91. The van der Waals surface area contributed by atoms with Gasteiger partial charge in [-0.3, -0.25) is 9.59 Å². The minimum absolute atomic E-state index is 0.131. The first kappa shape index (κ1) is 22.9. The normalized spacial score (nSPS) is 10.5. The van der Waals surface area contributed by atoms with E-state index in [0.29, 0.717) is 42.4 Å². The summed E-state index contributed by atoms with van der Waals surface area (Å²) in [7, 11) is 1.59. The fourth-order valence-electron chi connectivity index (χ4n) is 3.30. The molecule has 1 heterocycles. The number of benzene rings is 2. The Kier molecular flexibility index (Phi) is 7.54. The van der Waals surface area contributed by atoms with Crippen LogP contribution in [0.15, 0.2) is 59.2 Å². The van der Waals surface area contributed by atoms with Crippen LogP contribution in [-0.2, 0) is 6.54 Å². The van der Waals surface area contributed by atoms with E-state index in [2.05, 4.69) is 5.32 Å². The molecule has 0 radical (unpaired) electrons. The third-order valence-corrected chi connectivity index (χ3v) is 5.05. The summed E-state index contributed by atoms with van der Waals surface area (Å²) in [5.74, 6) is 1.01. The largest absolute Gasteiger partial charge is 0.493 e. The van der Waals surface area contributed by atoms with Crippen LogP contribution in [0.25, 0.3) is 0 Å². The van der Waals surface area contributed by atoms with Crippen molar-refractivity contribution in [2.24, 2.45) is 0 Å². The fourth-order valence-corrected chi connectivity index (χ4v) is 3.30. The van der Waals surface area contributed by atoms with Gasteiger partial charge in [-0.2, -0.15) is 0 Å². The quantitative estimate of drug-likeness (QED) is 0.515. The number of carbonyl (C=O) groups excluding carboxylic acids is 2. The molecule has 0 saturated heterocycles. The molecule has 7 nitrogen and oxygen atoms in total. The van der Waals surface area contributed by atoms with Gasteiger partial charge in [0.1, 0.15) is 0 Å². The molecule has 1 N–H and O–H groups in total. The van der Waals surface area contributed by atoms with E-state index in [4.69, 9.17) is 13.9 Å². The molecule has 0 bridgehead atoms. The Morgan fingerprint density at radius 2 is 1.88 bits per heavy atom. The lowest BCUT2D eigenvalue weighted by Crippen LogP contribution is -2.30. The second-order valence-electron chi connectivity index (χ2n) is 7.20. The maximum atomic E-state index is 13.2. The first-order valence-corrected chi connectivity index (χ1v) is 10.5. The molecule has 0 saturated carbocycles. The number of hydrogen-bond donors (Lipinski definition) is 1. The molecule has 32 heavy (non-hydrogen) atoms. The van der Waals surface area contributed by atoms with Crippen molar-refractivity contribution in [3.05, 3.63) is 77.2 Å².